The van der Waals surface area contributed by atoms with Crippen LogP contribution in [0.15, 0.2) is 30.3 Å². The summed E-state index contributed by atoms with van der Waals surface area (Å²) in [6, 6.07) is 10.9. The fourth-order valence-corrected chi connectivity index (χ4v) is 8.67. The summed E-state index contributed by atoms with van der Waals surface area (Å²) in [7, 11) is -1.42. The Morgan fingerprint density at radius 3 is 1.59 bits per heavy atom. The molecule has 0 bridgehead atoms. The summed E-state index contributed by atoms with van der Waals surface area (Å²) in [6.07, 6.45) is 0.782. The zero-order valence-corrected chi connectivity index (χ0v) is 13.0. The molecule has 0 spiro atoms. The average molecular weight is 252 g/mol. The molecule has 1 aromatic rings. The van der Waals surface area contributed by atoms with Gasteiger partial charge in [0.25, 0.3) is 0 Å². The van der Waals surface area contributed by atoms with Crippen LogP contribution in [0.4, 0.5) is 0 Å². The van der Waals surface area contributed by atoms with Gasteiger partial charge in [-0.1, -0.05) is 79.1 Å². The molecular weight excluding hydrogens is 225 g/mol. The van der Waals surface area contributed by atoms with Crippen LogP contribution in [-0.2, 0) is 0 Å². The molecule has 0 atom stereocenters. The van der Waals surface area contributed by atoms with Crippen LogP contribution in [0.3, 0.4) is 0 Å². The van der Waals surface area contributed by atoms with Crippen LogP contribution in [-0.4, -0.2) is 16.6 Å². The first-order chi connectivity index (χ1) is 7.67. The van der Waals surface area contributed by atoms with Crippen LogP contribution in [0.5, 0.6) is 0 Å². The van der Waals surface area contributed by atoms with Crippen LogP contribution < -0.4 is 11.0 Å². The predicted octanol–water partition coefficient (Wildman–Crippen LogP) is 3.84. The Morgan fingerprint density at radius 1 is 0.882 bits per heavy atom. The van der Waals surface area contributed by atoms with E-state index >= 15 is 0 Å². The molecule has 2 N–H and O–H groups in total. The molecule has 0 heterocycles. The first-order valence-electron chi connectivity index (χ1n) is 6.31. The lowest BCUT2D eigenvalue weighted by atomic mass is 10.2. The van der Waals surface area contributed by atoms with Gasteiger partial charge in [0.1, 0.15) is 0 Å². The lowest BCUT2D eigenvalue weighted by Crippen LogP contribution is -2.43. The second kappa shape index (κ2) is 4.71. The van der Waals surface area contributed by atoms with Crippen LogP contribution in [0.25, 0.3) is 0 Å². The monoisotopic (exact) mass is 252 g/mol. The number of hydrogen-bond acceptors (Lipinski definition) is 1. The van der Waals surface area contributed by atoms with Gasteiger partial charge in [-0.2, -0.15) is 0 Å². The van der Waals surface area contributed by atoms with E-state index in [1.807, 2.05) is 0 Å². The fourth-order valence-electron chi connectivity index (χ4n) is 3.12. The molecule has 2 heteroatoms. The van der Waals surface area contributed by atoms with Gasteiger partial charge >= 0.3 is 0 Å². The Balaban J connectivity index is 3.49. The Labute approximate surface area is 107 Å². The van der Waals surface area contributed by atoms with Gasteiger partial charge in [0.15, 0.2) is 0 Å². The van der Waals surface area contributed by atoms with Gasteiger partial charge in [-0.3, -0.25) is 0 Å². The standard InChI is InChI=1S/C15H27NP/c1-14(2,3)17(12-16,15(4,5)6)13-10-8-7-9-11-13/h7-11H,12,16H2,1-6H3. The van der Waals surface area contributed by atoms with Crippen LogP contribution in [0.1, 0.15) is 41.5 Å². The first-order valence-corrected chi connectivity index (χ1v) is 8.28. The Morgan fingerprint density at radius 2 is 1.29 bits per heavy atom. The quantitative estimate of drug-likeness (QED) is 0.795. The second-order valence-corrected chi connectivity index (χ2v) is 11.9. The predicted molar refractivity (Wildman–Crippen MR) is 81.6 cm³/mol. The Bertz CT molecular complexity index is 343. The summed E-state index contributed by atoms with van der Waals surface area (Å²) in [5, 5.41) is 1.94. The highest BCUT2D eigenvalue weighted by Crippen LogP contribution is 2.74. The van der Waals surface area contributed by atoms with Crippen molar-refractivity contribution in [1.29, 1.82) is 0 Å². The molecule has 17 heavy (non-hydrogen) atoms. The molecule has 0 saturated heterocycles. The molecule has 1 rings (SSSR count). The summed E-state index contributed by atoms with van der Waals surface area (Å²) in [6.45, 7) is 14.0. The topological polar surface area (TPSA) is 26.0 Å². The van der Waals surface area contributed by atoms with E-state index in [4.69, 9.17) is 5.73 Å². The molecule has 1 aromatic carbocycles. The van der Waals surface area contributed by atoms with Crippen molar-refractivity contribution >= 4 is 12.6 Å². The molecule has 1 radical (unpaired) electrons. The molecule has 97 valence electrons. The third kappa shape index (κ3) is 2.41. The van der Waals surface area contributed by atoms with E-state index < -0.39 is 7.26 Å². The minimum absolute atomic E-state index is 0.237. The van der Waals surface area contributed by atoms with Gasteiger partial charge in [0, 0.05) is 6.29 Å². The van der Waals surface area contributed by atoms with Gasteiger partial charge in [0.05, 0.1) is 0 Å². The van der Waals surface area contributed by atoms with E-state index in [0.29, 0.717) is 0 Å². The summed E-state index contributed by atoms with van der Waals surface area (Å²) in [5.41, 5.74) is 6.26. The summed E-state index contributed by atoms with van der Waals surface area (Å²) in [4.78, 5) is 0. The molecule has 0 fully saturated rings. The zero-order valence-electron chi connectivity index (χ0n) is 12.1. The van der Waals surface area contributed by atoms with Crippen molar-refractivity contribution in [3.8, 4) is 0 Å². The molecule has 0 amide bonds. The van der Waals surface area contributed by atoms with Crippen molar-refractivity contribution in [1.82, 2.24) is 0 Å². The van der Waals surface area contributed by atoms with Crippen molar-refractivity contribution in [3.63, 3.8) is 0 Å². The van der Waals surface area contributed by atoms with Crippen molar-refractivity contribution in [3.05, 3.63) is 30.3 Å². The molecule has 0 aliphatic heterocycles. The molecule has 0 aliphatic carbocycles. The van der Waals surface area contributed by atoms with Crippen LogP contribution in [0, 0.1) is 0 Å². The van der Waals surface area contributed by atoms with Gasteiger partial charge in [0.2, 0.25) is 0 Å². The lowest BCUT2D eigenvalue weighted by molar-refractivity contribution is 0.691. The maximum atomic E-state index is 6.26. The van der Waals surface area contributed by atoms with Crippen molar-refractivity contribution in [2.24, 2.45) is 5.73 Å². The molecule has 0 aromatic heterocycles. The lowest BCUT2D eigenvalue weighted by Gasteiger charge is -2.56. The highest BCUT2D eigenvalue weighted by Gasteiger charge is 2.48. The number of nitrogens with two attached hydrogens (primary N) is 1. The highest BCUT2D eigenvalue weighted by atomic mass is 31.2. The summed E-state index contributed by atoms with van der Waals surface area (Å²) >= 11 is 0. The van der Waals surface area contributed by atoms with E-state index in [-0.39, 0.29) is 10.3 Å². The molecule has 0 saturated carbocycles. The maximum Gasteiger partial charge on any atom is 0.0141 e. The second-order valence-electron chi connectivity index (χ2n) is 6.67. The van der Waals surface area contributed by atoms with Crippen molar-refractivity contribution < 1.29 is 0 Å². The van der Waals surface area contributed by atoms with Gasteiger partial charge in [-0.15, -0.1) is 0 Å². The minimum Gasteiger partial charge on any atom is -0.327 e. The Kier molecular flexibility index (Phi) is 4.06. The van der Waals surface area contributed by atoms with Gasteiger partial charge in [-0.25, -0.2) is 0 Å². The normalized spacial score (nSPS) is 13.8. The number of hydrogen-bond donors (Lipinski definition) is 1. The highest BCUT2D eigenvalue weighted by molar-refractivity contribution is 7.85. The molecule has 0 unspecified atom stereocenters. The van der Waals surface area contributed by atoms with Crippen LogP contribution in [0.2, 0.25) is 0 Å². The average Bonchev–Trinajstić information content (AvgIpc) is 2.16. The smallest absolute Gasteiger partial charge is 0.0141 e. The molecule has 0 aliphatic rings. The summed E-state index contributed by atoms with van der Waals surface area (Å²) in [5.74, 6) is 0. The molecule has 1 nitrogen and oxygen atoms in total. The largest absolute Gasteiger partial charge is 0.327 e. The number of benzene rings is 1. The van der Waals surface area contributed by atoms with E-state index in [9.17, 15) is 0 Å². The van der Waals surface area contributed by atoms with Crippen molar-refractivity contribution in [2.45, 2.75) is 51.9 Å². The van der Waals surface area contributed by atoms with E-state index in [2.05, 4.69) is 71.9 Å². The SMILES string of the molecule is CC(C)(C)[P](CN)(c1ccccc1)C(C)(C)C. The Hall–Kier alpha value is -0.390. The van der Waals surface area contributed by atoms with Gasteiger partial charge in [-0.05, 0) is 15.6 Å². The van der Waals surface area contributed by atoms with Gasteiger partial charge < -0.3 is 5.73 Å². The minimum atomic E-state index is -1.42. The van der Waals surface area contributed by atoms with E-state index in [0.717, 1.165) is 6.29 Å². The maximum absolute atomic E-state index is 6.26. The first kappa shape index (κ1) is 14.7. The van der Waals surface area contributed by atoms with Crippen LogP contribution >= 0.6 is 7.26 Å². The third-order valence-electron chi connectivity index (χ3n) is 3.76. The molecular formula is C15H27NP. The zero-order chi connectivity index (χ0) is 13.3. The fraction of sp³-hybridized carbons (Fsp3) is 0.600. The van der Waals surface area contributed by atoms with E-state index in [1.165, 1.54) is 5.30 Å². The summed E-state index contributed by atoms with van der Waals surface area (Å²) < 4.78 is 0. The number of rotatable bonds is 2. The van der Waals surface area contributed by atoms with E-state index in [1.54, 1.807) is 0 Å². The third-order valence-corrected chi connectivity index (χ3v) is 10.1. The van der Waals surface area contributed by atoms with Crippen molar-refractivity contribution in [2.75, 3.05) is 6.29 Å².